The van der Waals surface area contributed by atoms with E-state index in [1.807, 2.05) is 26.8 Å². The lowest BCUT2D eigenvalue weighted by Crippen LogP contribution is -2.57. The molecule has 0 aromatic heterocycles. The number of phenolic OH excluding ortho intramolecular Hbond substituents is 1. The van der Waals surface area contributed by atoms with Crippen molar-refractivity contribution in [1.82, 2.24) is 20.4 Å². The number of aromatic hydroxyl groups is 1. The van der Waals surface area contributed by atoms with E-state index in [4.69, 9.17) is 14.5 Å². The largest absolute Gasteiger partial charge is 0.507 e. The Hall–Kier alpha value is -3.76. The molecule has 3 N–H and O–H groups in total. The Bertz CT molecular complexity index is 1410. The third-order valence-corrected chi connectivity index (χ3v) is 9.93. The first-order valence-corrected chi connectivity index (χ1v) is 17.1. The number of hydrogen-bond donors (Lipinski definition) is 3. The minimum absolute atomic E-state index is 0.00622. The van der Waals surface area contributed by atoms with Crippen molar-refractivity contribution in [1.29, 1.82) is 0 Å². The highest BCUT2D eigenvalue weighted by molar-refractivity contribution is 6.08. The number of aliphatic imine (C=N–C) groups is 1. The van der Waals surface area contributed by atoms with Crippen molar-refractivity contribution in [2.24, 2.45) is 28.7 Å². The molecule has 3 heterocycles. The molecule has 6 rings (SSSR count). The number of ether oxygens (including phenoxy) is 2. The molecule has 3 aliphatic heterocycles. The molecule has 1 aromatic rings. The molecule has 0 bridgehead atoms. The van der Waals surface area contributed by atoms with Crippen molar-refractivity contribution in [3.63, 3.8) is 0 Å². The van der Waals surface area contributed by atoms with E-state index < -0.39 is 17.7 Å². The van der Waals surface area contributed by atoms with Crippen molar-refractivity contribution in [2.45, 2.75) is 97.1 Å². The van der Waals surface area contributed by atoms with Gasteiger partial charge in [-0.3, -0.25) is 5.32 Å². The van der Waals surface area contributed by atoms with Crippen LogP contribution in [0.15, 0.2) is 34.6 Å². The van der Waals surface area contributed by atoms with Gasteiger partial charge >= 0.3 is 18.2 Å². The number of rotatable bonds is 6. The average molecular weight is 636 g/mol. The lowest BCUT2D eigenvalue weighted by Gasteiger charge is -2.45. The molecule has 5 amide bonds. The van der Waals surface area contributed by atoms with Gasteiger partial charge in [-0.1, -0.05) is 32.3 Å². The first kappa shape index (κ1) is 32.2. The first-order chi connectivity index (χ1) is 22.0. The predicted octanol–water partition coefficient (Wildman–Crippen LogP) is 6.16. The molecular formula is C35H49N5O6. The van der Waals surface area contributed by atoms with E-state index in [2.05, 4.69) is 17.6 Å². The second-order valence-corrected chi connectivity index (χ2v) is 14.7. The van der Waals surface area contributed by atoms with Gasteiger partial charge in [0.25, 0.3) is 0 Å². The molecule has 2 aliphatic carbocycles. The Morgan fingerprint density at radius 2 is 1.85 bits per heavy atom. The van der Waals surface area contributed by atoms with Crippen LogP contribution in [0.25, 0.3) is 0 Å². The summed E-state index contributed by atoms with van der Waals surface area (Å²) in [6.45, 7) is 9.43. The van der Waals surface area contributed by atoms with Crippen LogP contribution in [0.5, 0.6) is 11.5 Å². The van der Waals surface area contributed by atoms with Crippen molar-refractivity contribution in [3.8, 4) is 11.5 Å². The quantitative estimate of drug-likeness (QED) is 0.343. The van der Waals surface area contributed by atoms with Gasteiger partial charge in [0.2, 0.25) is 0 Å². The molecule has 1 aromatic carbocycles. The summed E-state index contributed by atoms with van der Waals surface area (Å²) in [4.78, 5) is 48.1. The normalized spacial score (nSPS) is 25.8. The second kappa shape index (κ2) is 13.2. The molecule has 3 unspecified atom stereocenters. The third kappa shape index (κ3) is 7.13. The number of phenols is 1. The van der Waals surface area contributed by atoms with E-state index in [0.29, 0.717) is 48.5 Å². The number of likely N-dealkylation sites (tertiary alicyclic amines) is 1. The third-order valence-electron chi connectivity index (χ3n) is 9.93. The lowest BCUT2D eigenvalue weighted by atomic mass is 9.69. The molecule has 11 heteroatoms. The van der Waals surface area contributed by atoms with Gasteiger partial charge in [-0.05, 0) is 94.8 Å². The Balaban J connectivity index is 1.34. The molecule has 3 atom stereocenters. The van der Waals surface area contributed by atoms with Gasteiger partial charge in [-0.15, -0.1) is 0 Å². The Morgan fingerprint density at radius 3 is 2.57 bits per heavy atom. The van der Waals surface area contributed by atoms with Crippen LogP contribution in [-0.4, -0.2) is 76.7 Å². The minimum atomic E-state index is -0.612. The van der Waals surface area contributed by atoms with Crippen molar-refractivity contribution in [3.05, 3.63) is 35.2 Å². The number of benzene rings is 1. The van der Waals surface area contributed by atoms with E-state index in [1.54, 1.807) is 17.0 Å². The minimum Gasteiger partial charge on any atom is -0.507 e. The highest BCUT2D eigenvalue weighted by Crippen LogP contribution is 2.45. The smallest absolute Gasteiger partial charge is 0.410 e. The number of hydrogen-bond acceptors (Lipinski definition) is 7. The molecule has 0 radical (unpaired) electrons. The summed E-state index contributed by atoms with van der Waals surface area (Å²) in [5.74, 6) is 1.19. The highest BCUT2D eigenvalue weighted by Gasteiger charge is 2.45. The maximum atomic E-state index is 13.5. The van der Waals surface area contributed by atoms with E-state index in [1.165, 1.54) is 11.3 Å². The van der Waals surface area contributed by atoms with Crippen LogP contribution in [0, 0.1) is 23.7 Å². The number of amides is 5. The number of imide groups is 1. The summed E-state index contributed by atoms with van der Waals surface area (Å²) < 4.78 is 12.0. The Morgan fingerprint density at radius 1 is 1.09 bits per heavy atom. The van der Waals surface area contributed by atoms with Gasteiger partial charge in [0.1, 0.15) is 22.9 Å². The van der Waals surface area contributed by atoms with Gasteiger partial charge in [-0.25, -0.2) is 24.3 Å². The molecule has 5 aliphatic rings. The standard InChI is InChI=1S/C35H49N5O6/c1-21-28(23-10-9-17-39(18-23)34(44)46-35(2,3)4)25-19-40(32(42)36-24-11-6-5-7-12-24)33(43)38-31(25)37-30(21)29-26(41)13-8-14-27(29)45-20-22-15-16-22/h8,13-14,21-24,28,41H,5-7,9-12,15-20H2,1-4H3,(H,36,42)(H,38,43). The molecule has 250 valence electrons. The van der Waals surface area contributed by atoms with Gasteiger partial charge < -0.3 is 24.8 Å². The zero-order valence-corrected chi connectivity index (χ0v) is 27.6. The second-order valence-electron chi connectivity index (χ2n) is 14.7. The van der Waals surface area contributed by atoms with Crippen molar-refractivity contribution < 1.29 is 29.0 Å². The van der Waals surface area contributed by atoms with Crippen LogP contribution in [0.3, 0.4) is 0 Å². The maximum Gasteiger partial charge on any atom is 0.410 e. The molecular weight excluding hydrogens is 586 g/mol. The maximum absolute atomic E-state index is 13.5. The zero-order valence-electron chi connectivity index (χ0n) is 27.6. The zero-order chi connectivity index (χ0) is 32.6. The summed E-state index contributed by atoms with van der Waals surface area (Å²) in [7, 11) is 0. The van der Waals surface area contributed by atoms with Gasteiger partial charge in [0.05, 0.1) is 24.4 Å². The van der Waals surface area contributed by atoms with Crippen molar-refractivity contribution >= 4 is 23.9 Å². The number of nitrogens with zero attached hydrogens (tertiary/aromatic N) is 3. The topological polar surface area (TPSA) is 133 Å². The Kier molecular flexibility index (Phi) is 9.21. The number of nitrogens with one attached hydrogen (secondary N) is 2. The number of piperidine rings is 1. The van der Waals surface area contributed by atoms with E-state index >= 15 is 0 Å². The molecule has 1 saturated heterocycles. The first-order valence-electron chi connectivity index (χ1n) is 17.1. The van der Waals surface area contributed by atoms with Crippen LogP contribution < -0.4 is 15.4 Å². The SMILES string of the molecule is CC1C(c2c(O)cccc2OCC2CC2)=NC2=C(CN(C(=O)NC3CCCCC3)C(=O)N2)C1C1CCCN(C(=O)OC(C)(C)C)C1. The van der Waals surface area contributed by atoms with E-state index in [-0.39, 0.29) is 42.2 Å². The average Bonchev–Trinajstić information content (AvgIpc) is 3.84. The van der Waals surface area contributed by atoms with Gasteiger partial charge in [0, 0.05) is 25.0 Å². The Labute approximate surface area is 271 Å². The fraction of sp³-hybridized carbons (Fsp3) is 0.657. The van der Waals surface area contributed by atoms with Crippen LogP contribution in [-0.2, 0) is 4.74 Å². The van der Waals surface area contributed by atoms with Gasteiger partial charge in [-0.2, -0.15) is 0 Å². The van der Waals surface area contributed by atoms with Crippen LogP contribution in [0.4, 0.5) is 14.4 Å². The molecule has 3 fully saturated rings. The molecule has 46 heavy (non-hydrogen) atoms. The summed E-state index contributed by atoms with van der Waals surface area (Å²) >= 11 is 0. The van der Waals surface area contributed by atoms with Crippen LogP contribution in [0.2, 0.25) is 0 Å². The molecule has 2 saturated carbocycles. The fourth-order valence-electron chi connectivity index (χ4n) is 7.45. The highest BCUT2D eigenvalue weighted by atomic mass is 16.6. The summed E-state index contributed by atoms with van der Waals surface area (Å²) in [6, 6.07) is 4.40. The fourth-order valence-corrected chi connectivity index (χ4v) is 7.45. The number of carbonyl (C=O) groups excluding carboxylic acids is 3. The summed E-state index contributed by atoms with van der Waals surface area (Å²) in [5.41, 5.74) is 1.40. The van der Waals surface area contributed by atoms with Crippen molar-refractivity contribution in [2.75, 3.05) is 26.2 Å². The lowest BCUT2D eigenvalue weighted by molar-refractivity contribution is 0.0129. The summed E-state index contributed by atoms with van der Waals surface area (Å²) in [6.07, 6.45) is 8.71. The van der Waals surface area contributed by atoms with Gasteiger partial charge in [0.15, 0.2) is 0 Å². The monoisotopic (exact) mass is 635 g/mol. The van der Waals surface area contributed by atoms with Crippen LogP contribution >= 0.6 is 0 Å². The van der Waals surface area contributed by atoms with Crippen LogP contribution in [0.1, 0.15) is 91.0 Å². The number of carbonyl (C=O) groups is 3. The summed E-state index contributed by atoms with van der Waals surface area (Å²) in [5, 5.41) is 17.2. The van der Waals surface area contributed by atoms with E-state index in [0.717, 1.165) is 56.9 Å². The van der Waals surface area contributed by atoms with E-state index in [9.17, 15) is 19.5 Å². The molecule has 0 spiro atoms. The number of urea groups is 2. The predicted molar refractivity (Wildman–Crippen MR) is 174 cm³/mol. The molecule has 11 nitrogen and oxygen atoms in total.